The first kappa shape index (κ1) is 14.4. The number of aliphatic carboxylic acids is 1. The maximum atomic E-state index is 10.7. The summed E-state index contributed by atoms with van der Waals surface area (Å²) in [5, 5.41) is 30.6. The van der Waals surface area contributed by atoms with Gasteiger partial charge in [-0.3, -0.25) is 10.1 Å². The van der Waals surface area contributed by atoms with Crippen molar-refractivity contribution in [2.45, 2.75) is 0 Å². The minimum atomic E-state index is -1.06. The largest absolute Gasteiger partial charge is 0.480 e. The van der Waals surface area contributed by atoms with Gasteiger partial charge in [-0.25, -0.2) is 4.79 Å². The number of carboxylic acid groups (broad SMARTS) is 1. The number of nitro benzene ring substituents is 1. The lowest BCUT2D eigenvalue weighted by Gasteiger charge is -2.06. The topological polar surface area (TPSA) is 125 Å². The smallest absolute Gasteiger partial charge is 0.329 e. The van der Waals surface area contributed by atoms with Gasteiger partial charge in [0, 0.05) is 18.3 Å². The molecule has 0 fully saturated rings. The number of anilines is 1. The summed E-state index contributed by atoms with van der Waals surface area (Å²) >= 11 is 0. The Balaban J connectivity index is 2.56. The minimum Gasteiger partial charge on any atom is -0.480 e. The van der Waals surface area contributed by atoms with E-state index in [0.717, 1.165) is 0 Å². The third kappa shape index (κ3) is 4.61. The lowest BCUT2D eigenvalue weighted by Crippen LogP contribution is -2.14. The summed E-state index contributed by atoms with van der Waals surface area (Å²) in [5.41, 5.74) is 0.168. The van der Waals surface area contributed by atoms with Gasteiger partial charge in [0.05, 0.1) is 11.5 Å². The molecule has 0 bridgehead atoms. The highest BCUT2D eigenvalue weighted by molar-refractivity contribution is 5.68. The molecule has 0 aliphatic heterocycles. The van der Waals surface area contributed by atoms with Crippen LogP contribution in [0.2, 0.25) is 0 Å². The summed E-state index contributed by atoms with van der Waals surface area (Å²) in [4.78, 5) is 20.3. The zero-order valence-electron chi connectivity index (χ0n) is 9.83. The summed E-state index contributed by atoms with van der Waals surface area (Å²) in [5.74, 6) is -1.06. The predicted molar refractivity (Wildman–Crippen MR) is 64.8 cm³/mol. The molecule has 19 heavy (non-hydrogen) atoms. The molecule has 0 radical (unpaired) electrons. The van der Waals surface area contributed by atoms with Gasteiger partial charge in [-0.2, -0.15) is 5.26 Å². The van der Waals surface area contributed by atoms with E-state index in [1.165, 1.54) is 18.2 Å². The summed E-state index contributed by atoms with van der Waals surface area (Å²) < 4.78 is 4.79. The quantitative estimate of drug-likeness (QED) is 0.427. The van der Waals surface area contributed by atoms with Crippen molar-refractivity contribution in [2.75, 3.05) is 25.1 Å². The van der Waals surface area contributed by atoms with E-state index < -0.39 is 17.5 Å². The van der Waals surface area contributed by atoms with Crippen molar-refractivity contribution >= 4 is 17.3 Å². The number of carboxylic acids is 1. The molecule has 0 saturated carbocycles. The Kier molecular flexibility index (Phi) is 5.25. The van der Waals surface area contributed by atoms with Crippen molar-refractivity contribution in [1.82, 2.24) is 0 Å². The third-order valence-corrected chi connectivity index (χ3v) is 2.12. The number of carbonyl (C=O) groups is 1. The first-order valence-corrected chi connectivity index (χ1v) is 5.26. The van der Waals surface area contributed by atoms with Crippen molar-refractivity contribution < 1.29 is 19.6 Å². The molecule has 0 saturated heterocycles. The van der Waals surface area contributed by atoms with Gasteiger partial charge in [-0.1, -0.05) is 0 Å². The normalized spacial score (nSPS) is 9.63. The first-order valence-electron chi connectivity index (χ1n) is 5.26. The minimum absolute atomic E-state index is 0.0160. The number of benzene rings is 1. The molecule has 1 aromatic carbocycles. The van der Waals surface area contributed by atoms with Gasteiger partial charge in [-0.15, -0.1) is 0 Å². The molecule has 0 spiro atoms. The molecule has 0 atom stereocenters. The highest BCUT2D eigenvalue weighted by Gasteiger charge is 2.13. The highest BCUT2D eigenvalue weighted by atomic mass is 16.6. The molecule has 0 heterocycles. The third-order valence-electron chi connectivity index (χ3n) is 2.12. The Labute approximate surface area is 108 Å². The van der Waals surface area contributed by atoms with Crippen molar-refractivity contribution in [3.63, 3.8) is 0 Å². The van der Waals surface area contributed by atoms with Crippen LogP contribution in [0.5, 0.6) is 0 Å². The molecular weight excluding hydrogens is 254 g/mol. The van der Waals surface area contributed by atoms with Crippen molar-refractivity contribution in [1.29, 1.82) is 5.26 Å². The Morgan fingerprint density at radius 3 is 2.89 bits per heavy atom. The van der Waals surface area contributed by atoms with E-state index in [4.69, 9.17) is 15.1 Å². The fraction of sp³-hybridized carbons (Fsp3) is 0.273. The van der Waals surface area contributed by atoms with Crippen LogP contribution in [0.3, 0.4) is 0 Å². The maximum absolute atomic E-state index is 10.7. The van der Waals surface area contributed by atoms with Gasteiger partial charge in [0.15, 0.2) is 0 Å². The molecule has 0 amide bonds. The zero-order chi connectivity index (χ0) is 14.3. The Hall–Kier alpha value is -2.66. The molecule has 0 unspecified atom stereocenters. The van der Waals surface area contributed by atoms with Crippen LogP contribution in [0.1, 0.15) is 5.56 Å². The van der Waals surface area contributed by atoms with Crippen LogP contribution in [0, 0.1) is 21.4 Å². The molecule has 0 aliphatic carbocycles. The number of hydrogen-bond donors (Lipinski definition) is 2. The van der Waals surface area contributed by atoms with Crippen molar-refractivity contribution in [2.24, 2.45) is 0 Å². The van der Waals surface area contributed by atoms with E-state index in [9.17, 15) is 14.9 Å². The zero-order valence-corrected chi connectivity index (χ0v) is 9.83. The Bertz CT molecular complexity index is 524. The van der Waals surface area contributed by atoms with Crippen LogP contribution in [0.15, 0.2) is 18.2 Å². The maximum Gasteiger partial charge on any atom is 0.329 e. The van der Waals surface area contributed by atoms with Crippen LogP contribution in [-0.2, 0) is 9.53 Å². The molecule has 0 aromatic heterocycles. The first-order chi connectivity index (χ1) is 9.04. The van der Waals surface area contributed by atoms with E-state index >= 15 is 0 Å². The SMILES string of the molecule is N#Cc1ccc(NCCOCC(=O)O)cc1[N+](=O)[O-]. The highest BCUT2D eigenvalue weighted by Crippen LogP contribution is 2.22. The number of rotatable bonds is 7. The standard InChI is InChI=1S/C11H11N3O5/c12-6-8-1-2-9(5-10(8)14(17)18)13-3-4-19-7-11(15)16/h1-2,5,13H,3-4,7H2,(H,15,16). The number of nitrogens with zero attached hydrogens (tertiary/aromatic N) is 2. The molecule has 1 rings (SSSR count). The lowest BCUT2D eigenvalue weighted by molar-refractivity contribution is -0.385. The summed E-state index contributed by atoms with van der Waals surface area (Å²) in [6.07, 6.45) is 0. The van der Waals surface area contributed by atoms with E-state index in [0.29, 0.717) is 12.2 Å². The predicted octanol–water partition coefficient (Wildman–Crippen LogP) is 0.980. The van der Waals surface area contributed by atoms with E-state index in [-0.39, 0.29) is 17.9 Å². The number of nitro groups is 1. The van der Waals surface area contributed by atoms with Crippen LogP contribution in [0.25, 0.3) is 0 Å². The van der Waals surface area contributed by atoms with E-state index in [2.05, 4.69) is 5.32 Å². The molecular formula is C11H11N3O5. The summed E-state index contributed by atoms with van der Waals surface area (Å²) in [6.45, 7) is 0.0611. The second-order valence-corrected chi connectivity index (χ2v) is 3.47. The van der Waals surface area contributed by atoms with E-state index in [1.54, 1.807) is 6.07 Å². The van der Waals surface area contributed by atoms with Crippen LogP contribution >= 0.6 is 0 Å². The van der Waals surface area contributed by atoms with Gasteiger partial charge in [0.25, 0.3) is 5.69 Å². The Morgan fingerprint density at radius 1 is 1.58 bits per heavy atom. The molecule has 8 heteroatoms. The Morgan fingerprint density at radius 2 is 2.32 bits per heavy atom. The summed E-state index contributed by atoms with van der Waals surface area (Å²) in [7, 11) is 0. The number of nitriles is 1. The average molecular weight is 265 g/mol. The number of ether oxygens (including phenoxy) is 1. The van der Waals surface area contributed by atoms with Gasteiger partial charge < -0.3 is 15.2 Å². The van der Waals surface area contributed by atoms with Crippen LogP contribution < -0.4 is 5.32 Å². The van der Waals surface area contributed by atoms with Crippen molar-refractivity contribution in [3.05, 3.63) is 33.9 Å². The van der Waals surface area contributed by atoms with Crippen LogP contribution in [0.4, 0.5) is 11.4 Å². The average Bonchev–Trinajstić information content (AvgIpc) is 2.37. The monoisotopic (exact) mass is 265 g/mol. The lowest BCUT2D eigenvalue weighted by atomic mass is 10.2. The fourth-order valence-corrected chi connectivity index (χ4v) is 1.31. The van der Waals surface area contributed by atoms with Gasteiger partial charge in [0.1, 0.15) is 18.2 Å². The van der Waals surface area contributed by atoms with Gasteiger partial charge >= 0.3 is 5.97 Å². The molecule has 1 aromatic rings. The van der Waals surface area contributed by atoms with Gasteiger partial charge in [0.2, 0.25) is 0 Å². The van der Waals surface area contributed by atoms with Crippen molar-refractivity contribution in [3.8, 4) is 6.07 Å². The fourth-order valence-electron chi connectivity index (χ4n) is 1.31. The molecule has 100 valence electrons. The molecule has 2 N–H and O–H groups in total. The number of nitrogens with one attached hydrogen (secondary N) is 1. The number of hydrogen-bond acceptors (Lipinski definition) is 6. The van der Waals surface area contributed by atoms with E-state index in [1.807, 2.05) is 0 Å². The van der Waals surface area contributed by atoms with Crippen LogP contribution in [-0.4, -0.2) is 35.8 Å². The summed E-state index contributed by atoms with van der Waals surface area (Å²) in [6, 6.07) is 5.86. The van der Waals surface area contributed by atoms with Gasteiger partial charge in [-0.05, 0) is 12.1 Å². The molecule has 0 aliphatic rings. The second kappa shape index (κ2) is 6.93. The molecule has 8 nitrogen and oxygen atoms in total. The second-order valence-electron chi connectivity index (χ2n) is 3.47.